The van der Waals surface area contributed by atoms with Crippen LogP contribution in [0.5, 0.6) is 5.75 Å². The van der Waals surface area contributed by atoms with Crippen molar-refractivity contribution in [3.05, 3.63) is 29.3 Å². The van der Waals surface area contributed by atoms with Gasteiger partial charge in [0.1, 0.15) is 5.75 Å². The number of halogens is 1. The van der Waals surface area contributed by atoms with Crippen LogP contribution in [-0.4, -0.2) is 32.3 Å². The average molecular weight is 255 g/mol. The van der Waals surface area contributed by atoms with Crippen LogP contribution >= 0.6 is 11.6 Å². The van der Waals surface area contributed by atoms with E-state index in [0.29, 0.717) is 6.04 Å². The number of piperazine rings is 1. The Morgan fingerprint density at radius 2 is 2.06 bits per heavy atom. The molecule has 2 rings (SSSR count). The van der Waals surface area contributed by atoms with Crippen LogP contribution in [0.2, 0.25) is 5.02 Å². The molecule has 0 amide bonds. The summed E-state index contributed by atoms with van der Waals surface area (Å²) in [5, 5.41) is 7.62. The average Bonchev–Trinajstić information content (AvgIpc) is 2.38. The molecule has 1 aromatic rings. The molecular weight excluding hydrogens is 236 g/mol. The fraction of sp³-hybridized carbons (Fsp3) is 0.538. The van der Waals surface area contributed by atoms with Crippen molar-refractivity contribution >= 4 is 11.6 Å². The Kier molecular flexibility index (Phi) is 5.10. The van der Waals surface area contributed by atoms with Crippen molar-refractivity contribution in [1.82, 2.24) is 10.6 Å². The first-order valence-electron chi connectivity index (χ1n) is 6.17. The Hall–Kier alpha value is -0.770. The second kappa shape index (κ2) is 6.84. The van der Waals surface area contributed by atoms with Crippen LogP contribution in [0.1, 0.15) is 12.8 Å². The van der Waals surface area contributed by atoms with E-state index < -0.39 is 0 Å². The molecule has 2 N–H and O–H groups in total. The van der Waals surface area contributed by atoms with Gasteiger partial charge in [-0.25, -0.2) is 0 Å². The topological polar surface area (TPSA) is 33.3 Å². The maximum absolute atomic E-state index is 5.80. The number of ether oxygens (including phenoxy) is 1. The van der Waals surface area contributed by atoms with Gasteiger partial charge >= 0.3 is 0 Å². The SMILES string of the molecule is Clc1ccc(OCCC[C@H]2CNCCN2)cc1. The van der Waals surface area contributed by atoms with E-state index in [4.69, 9.17) is 16.3 Å². The van der Waals surface area contributed by atoms with Crippen molar-refractivity contribution in [3.63, 3.8) is 0 Å². The predicted molar refractivity (Wildman–Crippen MR) is 70.8 cm³/mol. The van der Waals surface area contributed by atoms with E-state index in [1.807, 2.05) is 24.3 Å². The van der Waals surface area contributed by atoms with Crippen LogP contribution in [0.3, 0.4) is 0 Å². The minimum atomic E-state index is 0.595. The fourth-order valence-electron chi connectivity index (χ4n) is 1.97. The van der Waals surface area contributed by atoms with Gasteiger partial charge in [-0.1, -0.05) is 11.6 Å². The molecule has 3 nitrogen and oxygen atoms in total. The van der Waals surface area contributed by atoms with Gasteiger partial charge in [0.25, 0.3) is 0 Å². The third-order valence-corrected chi connectivity index (χ3v) is 3.16. The molecular formula is C13H19ClN2O. The minimum absolute atomic E-state index is 0.595. The standard InChI is InChI=1S/C13H19ClN2O/c14-11-3-5-13(6-4-11)17-9-1-2-12-10-15-7-8-16-12/h3-6,12,15-16H,1-2,7-10H2/t12-/m0/s1. The molecule has 1 atom stereocenters. The molecule has 0 unspecified atom stereocenters. The molecule has 1 saturated heterocycles. The summed E-state index contributed by atoms with van der Waals surface area (Å²) in [7, 11) is 0. The molecule has 0 aromatic heterocycles. The van der Waals surface area contributed by atoms with Gasteiger partial charge in [0.2, 0.25) is 0 Å². The summed E-state index contributed by atoms with van der Waals surface area (Å²) in [5.74, 6) is 0.893. The summed E-state index contributed by atoms with van der Waals surface area (Å²) in [6.45, 7) is 3.99. The lowest BCUT2D eigenvalue weighted by molar-refractivity contribution is 0.288. The Balaban J connectivity index is 1.60. The zero-order valence-electron chi connectivity index (χ0n) is 9.92. The Labute approximate surface area is 107 Å². The number of rotatable bonds is 5. The molecule has 0 radical (unpaired) electrons. The first kappa shape index (κ1) is 12.7. The van der Waals surface area contributed by atoms with Gasteiger partial charge in [0, 0.05) is 30.7 Å². The molecule has 1 aliphatic heterocycles. The Morgan fingerprint density at radius 1 is 1.24 bits per heavy atom. The second-order valence-electron chi connectivity index (χ2n) is 4.30. The monoisotopic (exact) mass is 254 g/mol. The summed E-state index contributed by atoms with van der Waals surface area (Å²) in [5.41, 5.74) is 0. The van der Waals surface area contributed by atoms with Gasteiger partial charge in [-0.3, -0.25) is 0 Å². The largest absolute Gasteiger partial charge is 0.494 e. The summed E-state index contributed by atoms with van der Waals surface area (Å²) in [6.07, 6.45) is 2.22. The molecule has 1 aromatic carbocycles. The van der Waals surface area contributed by atoms with Crippen molar-refractivity contribution in [3.8, 4) is 5.75 Å². The summed E-state index contributed by atoms with van der Waals surface area (Å²) in [6, 6.07) is 8.11. The molecule has 0 bridgehead atoms. The van der Waals surface area contributed by atoms with E-state index in [2.05, 4.69) is 10.6 Å². The van der Waals surface area contributed by atoms with Crippen molar-refractivity contribution < 1.29 is 4.74 Å². The van der Waals surface area contributed by atoms with Crippen LogP contribution in [0.15, 0.2) is 24.3 Å². The van der Waals surface area contributed by atoms with E-state index in [0.717, 1.165) is 49.9 Å². The highest BCUT2D eigenvalue weighted by atomic mass is 35.5. The third-order valence-electron chi connectivity index (χ3n) is 2.90. The Bertz CT molecular complexity index is 323. The molecule has 1 aliphatic rings. The summed E-state index contributed by atoms with van der Waals surface area (Å²) < 4.78 is 5.65. The molecule has 0 saturated carbocycles. The van der Waals surface area contributed by atoms with E-state index >= 15 is 0 Å². The third kappa shape index (κ3) is 4.54. The lowest BCUT2D eigenvalue weighted by atomic mass is 10.1. The van der Waals surface area contributed by atoms with Gasteiger partial charge in [0.15, 0.2) is 0 Å². The summed E-state index contributed by atoms with van der Waals surface area (Å²) in [4.78, 5) is 0. The fourth-order valence-corrected chi connectivity index (χ4v) is 2.09. The van der Waals surface area contributed by atoms with Crippen molar-refractivity contribution in [2.45, 2.75) is 18.9 Å². The first-order valence-corrected chi connectivity index (χ1v) is 6.55. The molecule has 1 fully saturated rings. The lowest BCUT2D eigenvalue weighted by Crippen LogP contribution is -2.48. The van der Waals surface area contributed by atoms with Crippen LogP contribution in [0, 0.1) is 0 Å². The maximum Gasteiger partial charge on any atom is 0.119 e. The quantitative estimate of drug-likeness (QED) is 0.790. The first-order chi connectivity index (χ1) is 8.34. The molecule has 94 valence electrons. The Morgan fingerprint density at radius 3 is 2.76 bits per heavy atom. The number of nitrogens with one attached hydrogen (secondary N) is 2. The van der Waals surface area contributed by atoms with E-state index in [1.54, 1.807) is 0 Å². The number of hydrogen-bond donors (Lipinski definition) is 2. The molecule has 4 heteroatoms. The van der Waals surface area contributed by atoms with Crippen molar-refractivity contribution in [2.24, 2.45) is 0 Å². The maximum atomic E-state index is 5.80. The van der Waals surface area contributed by atoms with Gasteiger partial charge in [-0.05, 0) is 37.1 Å². The second-order valence-corrected chi connectivity index (χ2v) is 4.74. The number of hydrogen-bond acceptors (Lipinski definition) is 3. The van der Waals surface area contributed by atoms with E-state index in [1.165, 1.54) is 0 Å². The van der Waals surface area contributed by atoms with Crippen molar-refractivity contribution in [2.75, 3.05) is 26.2 Å². The highest BCUT2D eigenvalue weighted by molar-refractivity contribution is 6.30. The van der Waals surface area contributed by atoms with Crippen LogP contribution in [-0.2, 0) is 0 Å². The smallest absolute Gasteiger partial charge is 0.119 e. The minimum Gasteiger partial charge on any atom is -0.494 e. The highest BCUT2D eigenvalue weighted by Crippen LogP contribution is 2.15. The van der Waals surface area contributed by atoms with Crippen LogP contribution < -0.4 is 15.4 Å². The lowest BCUT2D eigenvalue weighted by Gasteiger charge is -2.24. The molecule has 0 spiro atoms. The van der Waals surface area contributed by atoms with E-state index in [9.17, 15) is 0 Å². The van der Waals surface area contributed by atoms with E-state index in [-0.39, 0.29) is 0 Å². The molecule has 17 heavy (non-hydrogen) atoms. The number of benzene rings is 1. The summed E-state index contributed by atoms with van der Waals surface area (Å²) >= 11 is 5.80. The van der Waals surface area contributed by atoms with Gasteiger partial charge in [0.05, 0.1) is 6.61 Å². The van der Waals surface area contributed by atoms with Crippen LogP contribution in [0.25, 0.3) is 0 Å². The van der Waals surface area contributed by atoms with Crippen LogP contribution in [0.4, 0.5) is 0 Å². The zero-order chi connectivity index (χ0) is 11.9. The van der Waals surface area contributed by atoms with Gasteiger partial charge in [-0.2, -0.15) is 0 Å². The van der Waals surface area contributed by atoms with Crippen molar-refractivity contribution in [1.29, 1.82) is 0 Å². The van der Waals surface area contributed by atoms with Gasteiger partial charge in [-0.15, -0.1) is 0 Å². The normalized spacial score (nSPS) is 20.2. The predicted octanol–water partition coefficient (Wildman–Crippen LogP) is 2.06. The molecule has 1 heterocycles. The van der Waals surface area contributed by atoms with Gasteiger partial charge < -0.3 is 15.4 Å². The molecule has 0 aliphatic carbocycles. The zero-order valence-corrected chi connectivity index (χ0v) is 10.7. The highest BCUT2D eigenvalue weighted by Gasteiger charge is 2.10.